The van der Waals surface area contributed by atoms with Gasteiger partial charge in [-0.25, -0.2) is 9.59 Å². The van der Waals surface area contributed by atoms with Crippen molar-refractivity contribution >= 4 is 18.0 Å². The van der Waals surface area contributed by atoms with Crippen molar-refractivity contribution in [3.63, 3.8) is 0 Å². The maximum absolute atomic E-state index is 11.6. The largest absolute Gasteiger partial charge is 0.497 e. The van der Waals surface area contributed by atoms with E-state index in [9.17, 15) is 9.59 Å². The summed E-state index contributed by atoms with van der Waals surface area (Å²) in [5.74, 6) is -0.536. The van der Waals surface area contributed by atoms with Crippen molar-refractivity contribution < 1.29 is 28.5 Å². The first-order valence-corrected chi connectivity index (χ1v) is 5.67. The highest BCUT2D eigenvalue weighted by Crippen LogP contribution is 2.26. The van der Waals surface area contributed by atoms with E-state index in [2.05, 4.69) is 9.47 Å². The normalized spacial score (nSPS) is 9.40. The van der Waals surface area contributed by atoms with Crippen LogP contribution in [-0.2, 0) is 19.1 Å². The molecule has 0 fully saturated rings. The molecule has 0 aromatic heterocycles. The molecule has 0 radical (unpaired) electrons. The molecule has 1 rings (SSSR count). The summed E-state index contributed by atoms with van der Waals surface area (Å²) in [6, 6.07) is 4.99. The van der Waals surface area contributed by atoms with Crippen molar-refractivity contribution in [2.75, 3.05) is 28.4 Å². The number of ether oxygens (including phenoxy) is 4. The Balaban J connectivity index is 3.35. The topological polar surface area (TPSA) is 71.1 Å². The molecule has 6 heteroatoms. The van der Waals surface area contributed by atoms with Crippen LogP contribution in [0, 0.1) is 0 Å². The highest BCUT2D eigenvalue weighted by atomic mass is 16.5. The van der Waals surface area contributed by atoms with Crippen LogP contribution in [0.25, 0.3) is 6.08 Å². The van der Waals surface area contributed by atoms with Gasteiger partial charge < -0.3 is 18.9 Å². The van der Waals surface area contributed by atoms with Gasteiger partial charge in [0, 0.05) is 5.56 Å². The molecule has 1 aromatic rings. The molecular weight excluding hydrogens is 264 g/mol. The van der Waals surface area contributed by atoms with Crippen molar-refractivity contribution in [2.45, 2.75) is 0 Å². The van der Waals surface area contributed by atoms with E-state index in [0.29, 0.717) is 17.1 Å². The fraction of sp³-hybridized carbons (Fsp3) is 0.286. The lowest BCUT2D eigenvalue weighted by molar-refractivity contribution is -0.143. The van der Waals surface area contributed by atoms with Crippen LogP contribution in [0.4, 0.5) is 0 Å². The van der Waals surface area contributed by atoms with Gasteiger partial charge in [-0.3, -0.25) is 0 Å². The third kappa shape index (κ3) is 3.50. The Morgan fingerprint density at radius 2 is 1.55 bits per heavy atom. The Labute approximate surface area is 116 Å². The maximum Gasteiger partial charge on any atom is 0.345 e. The van der Waals surface area contributed by atoms with Crippen LogP contribution < -0.4 is 9.47 Å². The zero-order valence-corrected chi connectivity index (χ0v) is 11.8. The molecular formula is C14H16O6. The molecule has 20 heavy (non-hydrogen) atoms. The summed E-state index contributed by atoms with van der Waals surface area (Å²) >= 11 is 0. The zero-order valence-electron chi connectivity index (χ0n) is 11.8. The van der Waals surface area contributed by atoms with Gasteiger partial charge in [0.1, 0.15) is 17.1 Å². The van der Waals surface area contributed by atoms with Crippen molar-refractivity contribution in [3.05, 3.63) is 29.3 Å². The molecule has 6 nitrogen and oxygen atoms in total. The van der Waals surface area contributed by atoms with E-state index in [1.54, 1.807) is 18.2 Å². The van der Waals surface area contributed by atoms with Gasteiger partial charge in [0.05, 0.1) is 28.4 Å². The number of esters is 2. The van der Waals surface area contributed by atoms with Crippen molar-refractivity contribution in [3.8, 4) is 11.5 Å². The summed E-state index contributed by atoms with van der Waals surface area (Å²) in [4.78, 5) is 23.2. The van der Waals surface area contributed by atoms with Gasteiger partial charge in [0.15, 0.2) is 0 Å². The van der Waals surface area contributed by atoms with E-state index in [-0.39, 0.29) is 5.57 Å². The minimum absolute atomic E-state index is 0.235. The van der Waals surface area contributed by atoms with Crippen molar-refractivity contribution in [1.82, 2.24) is 0 Å². The molecule has 0 aliphatic carbocycles. The molecule has 108 valence electrons. The SMILES string of the molecule is COC(=O)C(=Cc1cc(OC)ccc1OC)C(=O)OC. The predicted octanol–water partition coefficient (Wildman–Crippen LogP) is 1.43. The van der Waals surface area contributed by atoms with Gasteiger partial charge in [0.25, 0.3) is 0 Å². The molecule has 0 unspecified atom stereocenters. The fourth-order valence-corrected chi connectivity index (χ4v) is 1.53. The average molecular weight is 280 g/mol. The molecule has 1 aromatic carbocycles. The lowest BCUT2D eigenvalue weighted by atomic mass is 10.1. The zero-order chi connectivity index (χ0) is 15.1. The van der Waals surface area contributed by atoms with Crippen LogP contribution in [0.2, 0.25) is 0 Å². The first-order valence-electron chi connectivity index (χ1n) is 5.67. The first-order chi connectivity index (χ1) is 9.57. The summed E-state index contributed by atoms with van der Waals surface area (Å²) in [5, 5.41) is 0. The van der Waals surface area contributed by atoms with Gasteiger partial charge in [0.2, 0.25) is 0 Å². The smallest absolute Gasteiger partial charge is 0.345 e. The molecule has 0 saturated heterocycles. The Morgan fingerprint density at radius 1 is 0.950 bits per heavy atom. The molecule has 0 heterocycles. The third-order valence-corrected chi connectivity index (χ3v) is 2.55. The Hall–Kier alpha value is -2.50. The maximum atomic E-state index is 11.6. The van der Waals surface area contributed by atoms with Crippen LogP contribution in [0.5, 0.6) is 11.5 Å². The highest BCUT2D eigenvalue weighted by molar-refractivity contribution is 6.17. The Morgan fingerprint density at radius 3 is 2.00 bits per heavy atom. The van der Waals surface area contributed by atoms with Crippen LogP contribution >= 0.6 is 0 Å². The van der Waals surface area contributed by atoms with E-state index in [4.69, 9.17) is 9.47 Å². The predicted molar refractivity (Wildman–Crippen MR) is 71.6 cm³/mol. The number of benzene rings is 1. The van der Waals surface area contributed by atoms with E-state index in [1.807, 2.05) is 0 Å². The quantitative estimate of drug-likeness (QED) is 0.352. The fourth-order valence-electron chi connectivity index (χ4n) is 1.53. The summed E-state index contributed by atoms with van der Waals surface area (Å²) in [6.07, 6.45) is 1.33. The summed E-state index contributed by atoms with van der Waals surface area (Å²) in [6.45, 7) is 0. The lowest BCUT2D eigenvalue weighted by Gasteiger charge is -2.09. The highest BCUT2D eigenvalue weighted by Gasteiger charge is 2.20. The van der Waals surface area contributed by atoms with Gasteiger partial charge in [-0.05, 0) is 24.3 Å². The van der Waals surface area contributed by atoms with Gasteiger partial charge in [-0.15, -0.1) is 0 Å². The van der Waals surface area contributed by atoms with Gasteiger partial charge in [-0.2, -0.15) is 0 Å². The Kier molecular flexibility index (Phi) is 5.58. The summed E-state index contributed by atoms with van der Waals surface area (Å²) in [5.41, 5.74) is 0.263. The molecule has 0 saturated carbocycles. The minimum atomic E-state index is -0.790. The molecule has 0 spiro atoms. The molecule has 0 atom stereocenters. The molecule has 0 aliphatic rings. The third-order valence-electron chi connectivity index (χ3n) is 2.55. The van der Waals surface area contributed by atoms with E-state index in [0.717, 1.165) is 0 Å². The van der Waals surface area contributed by atoms with Crippen molar-refractivity contribution in [2.24, 2.45) is 0 Å². The monoisotopic (exact) mass is 280 g/mol. The number of hydrogen-bond donors (Lipinski definition) is 0. The number of carbonyl (C=O) groups excluding carboxylic acids is 2. The first kappa shape index (κ1) is 15.6. The van der Waals surface area contributed by atoms with Gasteiger partial charge in [-0.1, -0.05) is 0 Å². The second kappa shape index (κ2) is 7.18. The number of methoxy groups -OCH3 is 4. The second-order valence-electron chi connectivity index (χ2n) is 3.65. The van der Waals surface area contributed by atoms with Crippen molar-refractivity contribution in [1.29, 1.82) is 0 Å². The summed E-state index contributed by atoms with van der Waals surface area (Å²) < 4.78 is 19.4. The number of hydrogen-bond acceptors (Lipinski definition) is 6. The Bertz CT molecular complexity index is 514. The van der Waals surface area contributed by atoms with E-state index < -0.39 is 11.9 Å². The van der Waals surface area contributed by atoms with E-state index >= 15 is 0 Å². The standard InChI is InChI=1S/C14H16O6/c1-17-10-5-6-12(18-2)9(7-10)8-11(13(15)19-3)14(16)20-4/h5-8H,1-4H3. The second-order valence-corrected chi connectivity index (χ2v) is 3.65. The average Bonchev–Trinajstić information content (AvgIpc) is 2.50. The molecule has 0 amide bonds. The number of carbonyl (C=O) groups is 2. The van der Waals surface area contributed by atoms with E-state index in [1.165, 1.54) is 34.5 Å². The minimum Gasteiger partial charge on any atom is -0.497 e. The lowest BCUT2D eigenvalue weighted by Crippen LogP contribution is -2.15. The molecule has 0 aliphatic heterocycles. The van der Waals surface area contributed by atoms with Crippen LogP contribution in [0.3, 0.4) is 0 Å². The van der Waals surface area contributed by atoms with Gasteiger partial charge >= 0.3 is 11.9 Å². The number of rotatable bonds is 5. The van der Waals surface area contributed by atoms with Crippen LogP contribution in [0.15, 0.2) is 23.8 Å². The molecule has 0 N–H and O–H groups in total. The summed E-state index contributed by atoms with van der Waals surface area (Å²) in [7, 11) is 5.36. The van der Waals surface area contributed by atoms with Crippen LogP contribution in [0.1, 0.15) is 5.56 Å². The van der Waals surface area contributed by atoms with Crippen LogP contribution in [-0.4, -0.2) is 40.4 Å². The molecule has 0 bridgehead atoms.